The number of rotatable bonds is 5. The Bertz CT molecular complexity index is 312. The van der Waals surface area contributed by atoms with E-state index in [4.69, 9.17) is 27.9 Å². The fourth-order valence-corrected chi connectivity index (χ4v) is 2.22. The van der Waals surface area contributed by atoms with E-state index in [0.717, 1.165) is 12.8 Å². The molecular weight excluding hydrogens is 231 g/mol. The summed E-state index contributed by atoms with van der Waals surface area (Å²) >= 11 is 12.0. The second-order valence-corrected chi connectivity index (χ2v) is 4.25. The average molecular weight is 247 g/mol. The molecule has 1 nitrogen and oxygen atoms in total. The number of alkyl halides is 1. The molecule has 0 radical (unpaired) electrons. The first-order valence-electron chi connectivity index (χ1n) is 5.12. The summed E-state index contributed by atoms with van der Waals surface area (Å²) in [5.41, 5.74) is 1.19. The number of hydrogen-bond acceptors (Lipinski definition) is 1. The highest BCUT2D eigenvalue weighted by Gasteiger charge is 2.11. The van der Waals surface area contributed by atoms with Crippen LogP contribution in [0.1, 0.15) is 31.2 Å². The minimum atomic E-state index is 0.389. The van der Waals surface area contributed by atoms with Gasteiger partial charge in [-0.15, -0.1) is 11.6 Å². The number of ether oxygens (including phenoxy) is 1. The first-order chi connectivity index (χ1) is 7.22. The molecule has 15 heavy (non-hydrogen) atoms. The predicted molar refractivity (Wildman–Crippen MR) is 66.4 cm³/mol. The fraction of sp³-hybridized carbons (Fsp3) is 0.500. The summed E-state index contributed by atoms with van der Waals surface area (Å²) in [4.78, 5) is 0. The van der Waals surface area contributed by atoms with Crippen molar-refractivity contribution in [3.05, 3.63) is 28.8 Å². The van der Waals surface area contributed by atoms with Crippen LogP contribution >= 0.6 is 23.2 Å². The lowest BCUT2D eigenvalue weighted by atomic mass is 9.96. The molecule has 0 aromatic heterocycles. The molecule has 1 unspecified atom stereocenters. The highest BCUT2D eigenvalue weighted by atomic mass is 35.5. The van der Waals surface area contributed by atoms with Crippen LogP contribution in [0.15, 0.2) is 18.2 Å². The molecule has 0 aliphatic rings. The number of halogens is 2. The molecule has 0 heterocycles. The van der Waals surface area contributed by atoms with E-state index in [-0.39, 0.29) is 0 Å². The van der Waals surface area contributed by atoms with E-state index in [1.807, 2.05) is 18.2 Å². The third kappa shape index (κ3) is 3.29. The van der Waals surface area contributed by atoms with E-state index >= 15 is 0 Å². The van der Waals surface area contributed by atoms with Crippen LogP contribution in [0.25, 0.3) is 0 Å². The van der Waals surface area contributed by atoms with Gasteiger partial charge in [0.25, 0.3) is 0 Å². The van der Waals surface area contributed by atoms with Crippen LogP contribution in [-0.2, 0) is 0 Å². The highest BCUT2D eigenvalue weighted by Crippen LogP contribution is 2.30. The molecule has 0 saturated heterocycles. The van der Waals surface area contributed by atoms with Crippen LogP contribution in [0.4, 0.5) is 0 Å². The lowest BCUT2D eigenvalue weighted by molar-refractivity contribution is 0.414. The third-order valence-electron chi connectivity index (χ3n) is 2.47. The molecule has 0 bridgehead atoms. The van der Waals surface area contributed by atoms with Crippen LogP contribution in [0.5, 0.6) is 5.75 Å². The van der Waals surface area contributed by atoms with Gasteiger partial charge >= 0.3 is 0 Å². The molecule has 0 amide bonds. The van der Waals surface area contributed by atoms with Gasteiger partial charge in [-0.3, -0.25) is 0 Å². The van der Waals surface area contributed by atoms with Crippen LogP contribution in [-0.4, -0.2) is 13.0 Å². The Kier molecular flexibility index (Phi) is 5.27. The quantitative estimate of drug-likeness (QED) is 0.697. The summed E-state index contributed by atoms with van der Waals surface area (Å²) in [6, 6.07) is 5.88. The van der Waals surface area contributed by atoms with Crippen molar-refractivity contribution >= 4 is 23.2 Å². The minimum absolute atomic E-state index is 0.389. The summed E-state index contributed by atoms with van der Waals surface area (Å²) in [5.74, 6) is 1.74. The predicted octanol–water partition coefficient (Wildman–Crippen LogP) is 4.47. The average Bonchev–Trinajstić information content (AvgIpc) is 2.25. The SMILES string of the molecule is CCCC(CCl)c1ccc(OC)c(Cl)c1. The van der Waals surface area contributed by atoms with E-state index in [2.05, 4.69) is 6.92 Å². The summed E-state index contributed by atoms with van der Waals surface area (Å²) in [7, 11) is 1.62. The van der Waals surface area contributed by atoms with Gasteiger partial charge < -0.3 is 4.74 Å². The first kappa shape index (κ1) is 12.7. The zero-order valence-electron chi connectivity index (χ0n) is 9.09. The lowest BCUT2D eigenvalue weighted by Gasteiger charge is -2.14. The summed E-state index contributed by atoms with van der Waals surface area (Å²) in [5, 5.41) is 0.654. The molecule has 0 aliphatic carbocycles. The Hall–Kier alpha value is -0.400. The van der Waals surface area contributed by atoms with E-state index < -0.39 is 0 Å². The molecule has 0 aliphatic heterocycles. The van der Waals surface area contributed by atoms with Crippen molar-refractivity contribution in [3.63, 3.8) is 0 Å². The van der Waals surface area contributed by atoms with Crippen molar-refractivity contribution in [2.75, 3.05) is 13.0 Å². The Labute approximate surface area is 101 Å². The maximum absolute atomic E-state index is 6.06. The Morgan fingerprint density at radius 1 is 1.40 bits per heavy atom. The number of benzene rings is 1. The molecule has 1 rings (SSSR count). The van der Waals surface area contributed by atoms with Gasteiger partial charge in [-0.1, -0.05) is 31.0 Å². The van der Waals surface area contributed by atoms with Crippen LogP contribution in [0.3, 0.4) is 0 Å². The first-order valence-corrected chi connectivity index (χ1v) is 6.03. The van der Waals surface area contributed by atoms with E-state index in [9.17, 15) is 0 Å². The van der Waals surface area contributed by atoms with Crippen LogP contribution in [0, 0.1) is 0 Å². The molecule has 1 atom stereocenters. The zero-order valence-corrected chi connectivity index (χ0v) is 10.6. The Balaban J connectivity index is 2.89. The summed E-state index contributed by atoms with van der Waals surface area (Å²) in [6.07, 6.45) is 2.22. The molecule has 0 N–H and O–H groups in total. The molecule has 3 heteroatoms. The zero-order chi connectivity index (χ0) is 11.3. The van der Waals surface area contributed by atoms with Gasteiger partial charge in [0, 0.05) is 5.88 Å². The van der Waals surface area contributed by atoms with E-state index in [1.165, 1.54) is 5.56 Å². The molecule has 84 valence electrons. The van der Waals surface area contributed by atoms with Gasteiger partial charge in [-0.05, 0) is 30.0 Å². The largest absolute Gasteiger partial charge is 0.495 e. The van der Waals surface area contributed by atoms with Crippen molar-refractivity contribution in [2.45, 2.75) is 25.7 Å². The molecule has 1 aromatic rings. The molecule has 0 saturated carbocycles. The summed E-state index contributed by atoms with van der Waals surface area (Å²) in [6.45, 7) is 2.16. The van der Waals surface area contributed by atoms with Gasteiger partial charge in [0.2, 0.25) is 0 Å². The van der Waals surface area contributed by atoms with Gasteiger partial charge in [-0.2, -0.15) is 0 Å². The normalized spacial score (nSPS) is 12.5. The second kappa shape index (κ2) is 6.24. The maximum Gasteiger partial charge on any atom is 0.137 e. The highest BCUT2D eigenvalue weighted by molar-refractivity contribution is 6.32. The molecule has 0 spiro atoms. The number of hydrogen-bond donors (Lipinski definition) is 0. The van der Waals surface area contributed by atoms with Gasteiger partial charge in [0.05, 0.1) is 12.1 Å². The molecular formula is C12H16Cl2O. The third-order valence-corrected chi connectivity index (χ3v) is 3.14. The maximum atomic E-state index is 6.06. The lowest BCUT2D eigenvalue weighted by Crippen LogP contribution is -2.00. The van der Waals surface area contributed by atoms with Gasteiger partial charge in [0.15, 0.2) is 0 Å². The van der Waals surface area contributed by atoms with Crippen LogP contribution in [0.2, 0.25) is 5.02 Å². The number of methoxy groups -OCH3 is 1. The van der Waals surface area contributed by atoms with Gasteiger partial charge in [-0.25, -0.2) is 0 Å². The second-order valence-electron chi connectivity index (χ2n) is 3.53. The van der Waals surface area contributed by atoms with Crippen molar-refractivity contribution in [1.82, 2.24) is 0 Å². The summed E-state index contributed by atoms with van der Waals surface area (Å²) < 4.78 is 5.11. The molecule has 0 fully saturated rings. The van der Waals surface area contributed by atoms with Crippen molar-refractivity contribution < 1.29 is 4.74 Å². The minimum Gasteiger partial charge on any atom is -0.495 e. The van der Waals surface area contributed by atoms with E-state index in [0.29, 0.717) is 22.6 Å². The molecule has 1 aromatic carbocycles. The van der Waals surface area contributed by atoms with Crippen molar-refractivity contribution in [1.29, 1.82) is 0 Å². The van der Waals surface area contributed by atoms with Crippen molar-refractivity contribution in [3.8, 4) is 5.75 Å². The Morgan fingerprint density at radius 3 is 2.60 bits per heavy atom. The van der Waals surface area contributed by atoms with Crippen LogP contribution < -0.4 is 4.74 Å². The Morgan fingerprint density at radius 2 is 2.13 bits per heavy atom. The standard InChI is InChI=1S/C12H16Cl2O/c1-3-4-10(8-13)9-5-6-12(15-2)11(14)7-9/h5-7,10H,3-4,8H2,1-2H3. The fourth-order valence-electron chi connectivity index (χ4n) is 1.62. The van der Waals surface area contributed by atoms with E-state index in [1.54, 1.807) is 7.11 Å². The topological polar surface area (TPSA) is 9.23 Å². The monoisotopic (exact) mass is 246 g/mol. The van der Waals surface area contributed by atoms with Crippen molar-refractivity contribution in [2.24, 2.45) is 0 Å². The smallest absolute Gasteiger partial charge is 0.137 e. The van der Waals surface area contributed by atoms with Gasteiger partial charge in [0.1, 0.15) is 5.75 Å².